The second-order valence-electron chi connectivity index (χ2n) is 7.52. The molecule has 6 heteroatoms. The van der Waals surface area contributed by atoms with E-state index >= 15 is 0 Å². The molecule has 1 aromatic rings. The first-order chi connectivity index (χ1) is 13.8. The number of benzene rings is 1. The topological polar surface area (TPSA) is 43.4 Å². The van der Waals surface area contributed by atoms with Crippen molar-refractivity contribution in [3.8, 4) is 0 Å². The van der Waals surface area contributed by atoms with E-state index < -0.39 is 11.7 Å². The SMILES string of the molecule is CCOC(=O)CCCCCC[C@@H]1C(=O)CC[C@H]1C=Cc1cccc(C(F)(F)F)c1. The first kappa shape index (κ1) is 23.2. The van der Waals surface area contributed by atoms with E-state index in [4.69, 9.17) is 4.74 Å². The molecule has 0 saturated heterocycles. The van der Waals surface area contributed by atoms with Gasteiger partial charge in [0.2, 0.25) is 0 Å². The maximum Gasteiger partial charge on any atom is 0.416 e. The predicted octanol–water partition coefficient (Wildman–Crippen LogP) is 6.22. The molecule has 0 radical (unpaired) electrons. The molecule has 0 unspecified atom stereocenters. The zero-order valence-corrected chi connectivity index (χ0v) is 16.8. The average molecular weight is 410 g/mol. The third-order valence-corrected chi connectivity index (χ3v) is 5.36. The molecule has 3 nitrogen and oxygen atoms in total. The lowest BCUT2D eigenvalue weighted by molar-refractivity contribution is -0.143. The number of ether oxygens (including phenoxy) is 1. The number of carbonyl (C=O) groups is 2. The van der Waals surface area contributed by atoms with Crippen LogP contribution in [0.2, 0.25) is 0 Å². The van der Waals surface area contributed by atoms with Gasteiger partial charge >= 0.3 is 12.1 Å². The molecule has 160 valence electrons. The van der Waals surface area contributed by atoms with E-state index in [1.54, 1.807) is 19.1 Å². The molecule has 1 fully saturated rings. The maximum atomic E-state index is 12.8. The van der Waals surface area contributed by atoms with Gasteiger partial charge in [0.15, 0.2) is 0 Å². The molecule has 0 aliphatic heterocycles. The van der Waals surface area contributed by atoms with Crippen molar-refractivity contribution in [2.75, 3.05) is 6.61 Å². The van der Waals surface area contributed by atoms with Crippen LogP contribution in [0.1, 0.15) is 69.4 Å². The molecule has 0 heterocycles. The molecular formula is C23H29F3O3. The number of ketones is 1. The molecule has 29 heavy (non-hydrogen) atoms. The third-order valence-electron chi connectivity index (χ3n) is 5.36. The Kier molecular flexibility index (Phi) is 8.93. The van der Waals surface area contributed by atoms with Crippen molar-refractivity contribution in [2.24, 2.45) is 11.8 Å². The third kappa shape index (κ3) is 7.67. The molecule has 1 saturated carbocycles. The number of alkyl halides is 3. The quantitative estimate of drug-likeness (QED) is 0.340. The fourth-order valence-corrected chi connectivity index (χ4v) is 3.81. The predicted molar refractivity (Wildman–Crippen MR) is 106 cm³/mol. The van der Waals surface area contributed by atoms with Crippen molar-refractivity contribution >= 4 is 17.8 Å². The minimum atomic E-state index is -4.36. The van der Waals surface area contributed by atoms with E-state index in [-0.39, 0.29) is 23.6 Å². The van der Waals surface area contributed by atoms with Crippen LogP contribution >= 0.6 is 0 Å². The summed E-state index contributed by atoms with van der Waals surface area (Å²) >= 11 is 0. The van der Waals surface area contributed by atoms with Gasteiger partial charge in [0.25, 0.3) is 0 Å². The summed E-state index contributed by atoms with van der Waals surface area (Å²) in [6, 6.07) is 5.23. The summed E-state index contributed by atoms with van der Waals surface area (Å²) in [6.07, 6.45) is 5.31. The lowest BCUT2D eigenvalue weighted by Crippen LogP contribution is -2.13. The van der Waals surface area contributed by atoms with Crippen LogP contribution in [0.3, 0.4) is 0 Å². The number of carbonyl (C=O) groups excluding carboxylic acids is 2. The lowest BCUT2D eigenvalue weighted by Gasteiger charge is -2.15. The van der Waals surface area contributed by atoms with Gasteiger partial charge < -0.3 is 4.74 Å². The Morgan fingerprint density at radius 1 is 1.21 bits per heavy atom. The van der Waals surface area contributed by atoms with Crippen molar-refractivity contribution in [3.05, 3.63) is 41.5 Å². The summed E-state index contributed by atoms with van der Waals surface area (Å²) in [7, 11) is 0. The molecule has 2 rings (SSSR count). The molecule has 0 N–H and O–H groups in total. The highest BCUT2D eigenvalue weighted by Crippen LogP contribution is 2.35. The van der Waals surface area contributed by atoms with Crippen molar-refractivity contribution in [2.45, 2.75) is 64.5 Å². The Labute approximate surface area is 170 Å². The van der Waals surface area contributed by atoms with Gasteiger partial charge in [0.1, 0.15) is 5.78 Å². The van der Waals surface area contributed by atoms with E-state index in [2.05, 4.69) is 0 Å². The fourth-order valence-electron chi connectivity index (χ4n) is 3.81. The van der Waals surface area contributed by atoms with Crippen molar-refractivity contribution < 1.29 is 27.5 Å². The van der Waals surface area contributed by atoms with Crippen LogP contribution in [-0.4, -0.2) is 18.4 Å². The molecule has 1 aromatic carbocycles. The number of halogens is 3. The first-order valence-electron chi connectivity index (χ1n) is 10.3. The van der Waals surface area contributed by atoms with E-state index in [9.17, 15) is 22.8 Å². The van der Waals surface area contributed by atoms with Gasteiger partial charge in [-0.25, -0.2) is 0 Å². The highest BCUT2D eigenvalue weighted by atomic mass is 19.4. The van der Waals surface area contributed by atoms with Gasteiger partial charge in [0, 0.05) is 18.8 Å². The number of hydrogen-bond donors (Lipinski definition) is 0. The van der Waals surface area contributed by atoms with Crippen LogP contribution in [0.4, 0.5) is 13.2 Å². The molecule has 0 amide bonds. The molecule has 0 spiro atoms. The smallest absolute Gasteiger partial charge is 0.416 e. The Hall–Kier alpha value is -2.11. The summed E-state index contributed by atoms with van der Waals surface area (Å²) in [5.74, 6) is 0.104. The van der Waals surface area contributed by atoms with Crippen LogP contribution in [0.25, 0.3) is 6.08 Å². The molecule has 2 atom stereocenters. The summed E-state index contributed by atoms with van der Waals surface area (Å²) in [5.41, 5.74) is -0.168. The highest BCUT2D eigenvalue weighted by Gasteiger charge is 2.32. The highest BCUT2D eigenvalue weighted by molar-refractivity contribution is 5.84. The largest absolute Gasteiger partial charge is 0.466 e. The Bertz CT molecular complexity index is 710. The summed E-state index contributed by atoms with van der Waals surface area (Å²) in [6.45, 7) is 2.19. The monoisotopic (exact) mass is 410 g/mol. The molecule has 0 bridgehead atoms. The van der Waals surface area contributed by atoms with Gasteiger partial charge in [-0.2, -0.15) is 13.2 Å². The normalized spacial score (nSPS) is 19.8. The van der Waals surface area contributed by atoms with E-state index in [0.717, 1.165) is 50.7 Å². The Balaban J connectivity index is 1.81. The van der Waals surface area contributed by atoms with E-state index in [1.807, 2.05) is 6.08 Å². The van der Waals surface area contributed by atoms with Crippen molar-refractivity contribution in [3.63, 3.8) is 0 Å². The van der Waals surface area contributed by atoms with Crippen molar-refractivity contribution in [1.29, 1.82) is 0 Å². The number of Topliss-reactive ketones (excluding diaryl/α,β-unsaturated/α-hetero) is 1. The second-order valence-corrected chi connectivity index (χ2v) is 7.52. The van der Waals surface area contributed by atoms with Gasteiger partial charge in [-0.1, -0.05) is 43.5 Å². The van der Waals surface area contributed by atoms with Crippen LogP contribution in [0.5, 0.6) is 0 Å². The number of allylic oxidation sites excluding steroid dienone is 1. The fraction of sp³-hybridized carbons (Fsp3) is 0.565. The Morgan fingerprint density at radius 3 is 2.69 bits per heavy atom. The minimum Gasteiger partial charge on any atom is -0.466 e. The summed E-state index contributed by atoms with van der Waals surface area (Å²) < 4.78 is 43.4. The van der Waals surface area contributed by atoms with Crippen LogP contribution < -0.4 is 0 Å². The summed E-state index contributed by atoms with van der Waals surface area (Å²) in [4.78, 5) is 23.5. The molecule has 1 aliphatic carbocycles. The van der Waals surface area contributed by atoms with Crippen LogP contribution in [0.15, 0.2) is 30.3 Å². The van der Waals surface area contributed by atoms with Gasteiger partial charge in [0.05, 0.1) is 12.2 Å². The average Bonchev–Trinajstić information content (AvgIpc) is 3.02. The standard InChI is InChI=1S/C23H29F3O3/c1-2-29-22(28)11-6-4-3-5-10-20-18(14-15-21(20)27)13-12-17-8-7-9-19(16-17)23(24,25)26/h7-9,12-13,16,18,20H,2-6,10-11,14-15H2,1H3/t18-,20+/m1/s1. The zero-order valence-electron chi connectivity index (χ0n) is 16.8. The zero-order chi connectivity index (χ0) is 21.3. The van der Waals surface area contributed by atoms with Gasteiger partial charge in [-0.05, 0) is 49.8 Å². The molecule has 1 aliphatic rings. The minimum absolute atomic E-state index is 0.0536. The first-order valence-corrected chi connectivity index (χ1v) is 10.3. The van der Waals surface area contributed by atoms with Gasteiger partial charge in [-0.3, -0.25) is 9.59 Å². The van der Waals surface area contributed by atoms with E-state index in [1.165, 1.54) is 6.07 Å². The van der Waals surface area contributed by atoms with Crippen LogP contribution in [0, 0.1) is 11.8 Å². The number of unbranched alkanes of at least 4 members (excludes halogenated alkanes) is 3. The number of rotatable bonds is 10. The lowest BCUT2D eigenvalue weighted by atomic mass is 9.89. The Morgan fingerprint density at radius 2 is 1.97 bits per heavy atom. The van der Waals surface area contributed by atoms with Crippen molar-refractivity contribution in [1.82, 2.24) is 0 Å². The maximum absolute atomic E-state index is 12.8. The number of esters is 1. The van der Waals surface area contributed by atoms with E-state index in [0.29, 0.717) is 25.0 Å². The van der Waals surface area contributed by atoms with Gasteiger partial charge in [-0.15, -0.1) is 0 Å². The van der Waals surface area contributed by atoms with Crippen LogP contribution in [-0.2, 0) is 20.5 Å². The number of hydrogen-bond acceptors (Lipinski definition) is 3. The second kappa shape index (κ2) is 11.2. The molecule has 0 aromatic heterocycles. The summed E-state index contributed by atoms with van der Waals surface area (Å²) in [5, 5.41) is 0. The molecular weight excluding hydrogens is 381 g/mol.